The lowest BCUT2D eigenvalue weighted by Gasteiger charge is -2.21. The van der Waals surface area contributed by atoms with Crippen LogP contribution in [0.15, 0.2) is 78.9 Å². The fourth-order valence-corrected chi connectivity index (χ4v) is 3.52. The topological polar surface area (TPSA) is 78.5 Å². The predicted octanol–water partition coefficient (Wildman–Crippen LogP) is 4.35. The van der Waals surface area contributed by atoms with E-state index >= 15 is 0 Å². The molecule has 0 unspecified atom stereocenters. The van der Waals surface area contributed by atoms with Crippen LogP contribution in [0.25, 0.3) is 0 Å². The highest BCUT2D eigenvalue weighted by Crippen LogP contribution is 2.16. The molecule has 0 saturated heterocycles. The van der Waals surface area contributed by atoms with Crippen molar-refractivity contribution in [2.45, 2.75) is 26.7 Å². The van der Waals surface area contributed by atoms with Crippen molar-refractivity contribution >= 4 is 29.1 Å². The highest BCUT2D eigenvalue weighted by Gasteiger charge is 2.14. The molecule has 0 aromatic heterocycles. The minimum Gasteiger partial charge on any atom is -0.352 e. The van der Waals surface area contributed by atoms with Crippen LogP contribution >= 0.6 is 0 Å². The largest absolute Gasteiger partial charge is 0.352 e. The average Bonchev–Trinajstić information content (AvgIpc) is 2.82. The molecule has 3 aromatic carbocycles. The molecule has 0 saturated carbocycles. The Bertz CT molecular complexity index is 1100. The van der Waals surface area contributed by atoms with Gasteiger partial charge in [-0.2, -0.15) is 0 Å². The fraction of sp³-hybridized carbons (Fsp3) is 0.222. The van der Waals surface area contributed by atoms with Gasteiger partial charge in [-0.3, -0.25) is 14.4 Å². The van der Waals surface area contributed by atoms with Crippen molar-refractivity contribution < 1.29 is 14.4 Å². The maximum Gasteiger partial charge on any atom is 0.251 e. The Morgan fingerprint density at radius 2 is 1.52 bits per heavy atom. The molecule has 0 bridgehead atoms. The second-order valence-corrected chi connectivity index (χ2v) is 7.72. The molecule has 0 atom stereocenters. The van der Waals surface area contributed by atoms with Crippen molar-refractivity contribution in [3.05, 3.63) is 95.6 Å². The van der Waals surface area contributed by atoms with Crippen LogP contribution in [0.3, 0.4) is 0 Å². The number of likely N-dealkylation sites (N-methyl/N-ethyl adjacent to an activating group) is 1. The zero-order valence-electron chi connectivity index (χ0n) is 19.0. The maximum atomic E-state index is 12.7. The average molecular weight is 444 g/mol. The third-order valence-corrected chi connectivity index (χ3v) is 5.31. The number of carbonyl (C=O) groups is 3. The van der Waals surface area contributed by atoms with Crippen LogP contribution in [-0.2, 0) is 16.0 Å². The van der Waals surface area contributed by atoms with Gasteiger partial charge in [0.25, 0.3) is 5.91 Å². The van der Waals surface area contributed by atoms with E-state index in [1.807, 2.05) is 74.5 Å². The molecular formula is C27H29N3O3. The van der Waals surface area contributed by atoms with Crippen LogP contribution in [0.5, 0.6) is 0 Å². The summed E-state index contributed by atoms with van der Waals surface area (Å²) < 4.78 is 0. The first-order valence-corrected chi connectivity index (χ1v) is 11.1. The number of benzene rings is 3. The summed E-state index contributed by atoms with van der Waals surface area (Å²) in [5, 5.41) is 5.60. The number of amides is 3. The Hall–Kier alpha value is -3.93. The molecule has 3 amide bonds. The summed E-state index contributed by atoms with van der Waals surface area (Å²) >= 11 is 0. The lowest BCUT2D eigenvalue weighted by atomic mass is 10.1. The highest BCUT2D eigenvalue weighted by molar-refractivity contribution is 5.96. The SMILES string of the molecule is CCN(C(=O)Cc1ccc(NC(=O)CCNC(=O)c2ccccc2C)cc1)c1ccccc1. The zero-order valence-corrected chi connectivity index (χ0v) is 19.0. The van der Waals surface area contributed by atoms with Gasteiger partial charge in [-0.05, 0) is 55.3 Å². The van der Waals surface area contributed by atoms with Gasteiger partial charge in [-0.1, -0.05) is 48.5 Å². The first kappa shape index (κ1) is 23.7. The van der Waals surface area contributed by atoms with Crippen molar-refractivity contribution in [3.63, 3.8) is 0 Å². The molecule has 33 heavy (non-hydrogen) atoms. The monoisotopic (exact) mass is 443 g/mol. The minimum atomic E-state index is -0.190. The van der Waals surface area contributed by atoms with Gasteiger partial charge in [0, 0.05) is 36.4 Å². The van der Waals surface area contributed by atoms with E-state index in [-0.39, 0.29) is 37.1 Å². The molecule has 0 aliphatic heterocycles. The summed E-state index contributed by atoms with van der Waals surface area (Å²) in [6, 6.07) is 24.2. The van der Waals surface area contributed by atoms with Crippen LogP contribution in [-0.4, -0.2) is 30.8 Å². The molecule has 170 valence electrons. The van der Waals surface area contributed by atoms with Crippen LogP contribution in [0.4, 0.5) is 11.4 Å². The van der Waals surface area contributed by atoms with Gasteiger partial charge in [0.1, 0.15) is 0 Å². The van der Waals surface area contributed by atoms with Gasteiger partial charge in [0.15, 0.2) is 0 Å². The standard InChI is InChI=1S/C27H29N3O3/c1-3-30(23-10-5-4-6-11-23)26(32)19-21-13-15-22(16-14-21)29-25(31)17-18-28-27(33)24-12-8-7-9-20(24)2/h4-16H,3,17-19H2,1-2H3,(H,28,33)(H,29,31). The molecule has 3 rings (SSSR count). The zero-order chi connectivity index (χ0) is 23.6. The number of aryl methyl sites for hydroxylation is 1. The third kappa shape index (κ3) is 6.77. The maximum absolute atomic E-state index is 12.7. The van der Waals surface area contributed by atoms with E-state index < -0.39 is 0 Å². The Balaban J connectivity index is 1.47. The molecule has 6 nitrogen and oxygen atoms in total. The first-order chi connectivity index (χ1) is 16.0. The van der Waals surface area contributed by atoms with E-state index in [1.165, 1.54) is 0 Å². The second kappa shape index (κ2) is 11.6. The smallest absolute Gasteiger partial charge is 0.251 e. The van der Waals surface area contributed by atoms with Crippen molar-refractivity contribution in [1.82, 2.24) is 5.32 Å². The minimum absolute atomic E-state index is 0.0184. The molecule has 0 fully saturated rings. The molecule has 0 heterocycles. The number of anilines is 2. The van der Waals surface area contributed by atoms with Crippen molar-refractivity contribution in [2.24, 2.45) is 0 Å². The highest BCUT2D eigenvalue weighted by atomic mass is 16.2. The number of carbonyl (C=O) groups excluding carboxylic acids is 3. The second-order valence-electron chi connectivity index (χ2n) is 7.72. The number of nitrogens with one attached hydrogen (secondary N) is 2. The van der Waals surface area contributed by atoms with Gasteiger partial charge < -0.3 is 15.5 Å². The van der Waals surface area contributed by atoms with Crippen LogP contribution in [0, 0.1) is 6.92 Å². The molecule has 0 aliphatic carbocycles. The summed E-state index contributed by atoms with van der Waals surface area (Å²) in [6.45, 7) is 4.67. The van der Waals surface area contributed by atoms with Crippen molar-refractivity contribution in [1.29, 1.82) is 0 Å². The van der Waals surface area contributed by atoms with Gasteiger partial charge in [-0.15, -0.1) is 0 Å². The lowest BCUT2D eigenvalue weighted by molar-refractivity contribution is -0.118. The Labute approximate surface area is 194 Å². The normalized spacial score (nSPS) is 10.4. The number of para-hydroxylation sites is 1. The van der Waals surface area contributed by atoms with E-state index in [2.05, 4.69) is 10.6 Å². The lowest BCUT2D eigenvalue weighted by Crippen LogP contribution is -2.31. The van der Waals surface area contributed by atoms with E-state index in [9.17, 15) is 14.4 Å². The summed E-state index contributed by atoms with van der Waals surface area (Å²) in [7, 11) is 0. The molecule has 3 aromatic rings. The number of rotatable bonds is 9. The van der Waals surface area contributed by atoms with Gasteiger partial charge in [0.2, 0.25) is 11.8 Å². The van der Waals surface area contributed by atoms with Crippen LogP contribution in [0.1, 0.15) is 34.8 Å². The number of hydrogen-bond acceptors (Lipinski definition) is 3. The van der Waals surface area contributed by atoms with E-state index in [1.54, 1.807) is 23.1 Å². The van der Waals surface area contributed by atoms with Crippen molar-refractivity contribution in [3.8, 4) is 0 Å². The molecule has 0 spiro atoms. The number of nitrogens with zero attached hydrogens (tertiary/aromatic N) is 1. The third-order valence-electron chi connectivity index (χ3n) is 5.31. The first-order valence-electron chi connectivity index (χ1n) is 11.1. The van der Waals surface area contributed by atoms with E-state index in [0.29, 0.717) is 17.8 Å². The predicted molar refractivity (Wildman–Crippen MR) is 131 cm³/mol. The van der Waals surface area contributed by atoms with Crippen LogP contribution < -0.4 is 15.5 Å². The number of hydrogen-bond donors (Lipinski definition) is 2. The molecular weight excluding hydrogens is 414 g/mol. The summed E-state index contributed by atoms with van der Waals surface area (Å²) in [6.07, 6.45) is 0.447. The van der Waals surface area contributed by atoms with Gasteiger partial charge >= 0.3 is 0 Å². The van der Waals surface area contributed by atoms with E-state index in [4.69, 9.17) is 0 Å². The molecule has 2 N–H and O–H groups in total. The molecule has 0 aliphatic rings. The Morgan fingerprint density at radius 3 is 2.18 bits per heavy atom. The van der Waals surface area contributed by atoms with E-state index in [0.717, 1.165) is 16.8 Å². The molecule has 6 heteroatoms. The van der Waals surface area contributed by atoms with Gasteiger partial charge in [0.05, 0.1) is 6.42 Å². The van der Waals surface area contributed by atoms with Gasteiger partial charge in [-0.25, -0.2) is 0 Å². The van der Waals surface area contributed by atoms with Crippen molar-refractivity contribution in [2.75, 3.05) is 23.3 Å². The quantitative estimate of drug-likeness (QED) is 0.516. The summed E-state index contributed by atoms with van der Waals surface area (Å²) in [4.78, 5) is 38.9. The van der Waals surface area contributed by atoms with Crippen LogP contribution in [0.2, 0.25) is 0 Å². The Morgan fingerprint density at radius 1 is 0.848 bits per heavy atom. The summed E-state index contributed by atoms with van der Waals surface area (Å²) in [5.74, 6) is -0.360. The summed E-state index contributed by atoms with van der Waals surface area (Å²) in [5.41, 5.74) is 3.90. The Kier molecular flexibility index (Phi) is 8.36. The molecule has 0 radical (unpaired) electrons. The fourth-order valence-electron chi connectivity index (χ4n) is 3.52.